The minimum absolute atomic E-state index is 0.136. The first-order valence-electron chi connectivity index (χ1n) is 13.6. The Bertz CT molecular complexity index is 1260. The van der Waals surface area contributed by atoms with Crippen molar-refractivity contribution in [3.63, 3.8) is 0 Å². The quantitative estimate of drug-likeness (QED) is 0.247. The molecule has 4 rings (SSSR count). The number of carbonyl (C=O) groups is 2. The summed E-state index contributed by atoms with van der Waals surface area (Å²) in [6.07, 6.45) is 4.55. The van der Waals surface area contributed by atoms with Crippen molar-refractivity contribution in [1.29, 1.82) is 0 Å². The summed E-state index contributed by atoms with van der Waals surface area (Å²) in [6.45, 7) is 4.31. The number of amides is 2. The molecule has 0 aromatic heterocycles. The minimum Gasteiger partial charge on any atom is -0.483 e. The molecule has 1 atom stereocenters. The Hall–Kier alpha value is -2.83. The van der Waals surface area contributed by atoms with Gasteiger partial charge in [-0.3, -0.25) is 9.59 Å². The van der Waals surface area contributed by atoms with E-state index in [4.69, 9.17) is 16.3 Å². The molecule has 0 bridgehead atoms. The van der Waals surface area contributed by atoms with E-state index in [0.717, 1.165) is 41.3 Å². The van der Waals surface area contributed by atoms with Crippen LogP contribution in [0.15, 0.2) is 77.3 Å². The molecule has 1 N–H and O–H groups in total. The van der Waals surface area contributed by atoms with Crippen LogP contribution in [0.5, 0.6) is 5.75 Å². The Balaban J connectivity index is 1.61. The van der Waals surface area contributed by atoms with Crippen LogP contribution in [0.1, 0.15) is 62.1 Å². The number of nitrogens with one attached hydrogen (secondary N) is 1. The largest absolute Gasteiger partial charge is 0.483 e. The molecule has 3 aromatic rings. The number of benzene rings is 3. The fraction of sp³-hybridized carbons (Fsp3) is 0.375. The molecule has 0 radical (unpaired) electrons. The number of rotatable bonds is 11. The number of hydrogen-bond acceptors (Lipinski definition) is 3. The van der Waals surface area contributed by atoms with Crippen molar-refractivity contribution in [2.45, 2.75) is 70.5 Å². The molecule has 2 amide bonds. The van der Waals surface area contributed by atoms with E-state index in [1.54, 1.807) is 11.0 Å². The van der Waals surface area contributed by atoms with Crippen molar-refractivity contribution in [3.05, 3.63) is 99.0 Å². The zero-order chi connectivity index (χ0) is 27.8. The van der Waals surface area contributed by atoms with Crippen LogP contribution in [0.4, 0.5) is 0 Å². The van der Waals surface area contributed by atoms with E-state index in [9.17, 15) is 9.59 Å². The van der Waals surface area contributed by atoms with Crippen LogP contribution in [0.25, 0.3) is 0 Å². The van der Waals surface area contributed by atoms with Crippen LogP contribution < -0.4 is 10.1 Å². The molecule has 5 nitrogen and oxygen atoms in total. The first kappa shape index (κ1) is 29.2. The first-order chi connectivity index (χ1) is 18.8. The van der Waals surface area contributed by atoms with E-state index in [0.29, 0.717) is 23.1 Å². The van der Waals surface area contributed by atoms with Crippen molar-refractivity contribution in [2.24, 2.45) is 0 Å². The maximum absolute atomic E-state index is 13.8. The van der Waals surface area contributed by atoms with Gasteiger partial charge in [-0.05, 0) is 75.6 Å². The van der Waals surface area contributed by atoms with Gasteiger partial charge in [0.25, 0.3) is 5.91 Å². The summed E-state index contributed by atoms with van der Waals surface area (Å²) in [5.74, 6) is 0.564. The molecule has 0 saturated heterocycles. The van der Waals surface area contributed by atoms with Crippen LogP contribution in [0, 0.1) is 0 Å². The number of ether oxygens (including phenoxy) is 1. The zero-order valence-corrected chi connectivity index (χ0v) is 24.9. The summed E-state index contributed by atoms with van der Waals surface area (Å²) in [6, 6.07) is 22.6. The predicted octanol–water partition coefficient (Wildman–Crippen LogP) is 7.30. The topological polar surface area (TPSA) is 58.6 Å². The molecule has 1 aliphatic carbocycles. The highest BCUT2D eigenvalue weighted by atomic mass is 79.9. The van der Waals surface area contributed by atoms with E-state index in [1.807, 2.05) is 66.7 Å². The highest BCUT2D eigenvalue weighted by molar-refractivity contribution is 9.10. The summed E-state index contributed by atoms with van der Waals surface area (Å²) in [5, 5.41) is 3.81. The highest BCUT2D eigenvalue weighted by Gasteiger charge is 2.32. The molecule has 206 valence electrons. The van der Waals surface area contributed by atoms with Crippen LogP contribution in [-0.4, -0.2) is 35.4 Å². The zero-order valence-electron chi connectivity index (χ0n) is 22.5. The Labute approximate surface area is 245 Å². The maximum Gasteiger partial charge on any atom is 0.261 e. The van der Waals surface area contributed by atoms with Gasteiger partial charge in [0, 0.05) is 24.0 Å². The molecule has 1 aliphatic rings. The lowest BCUT2D eigenvalue weighted by Gasteiger charge is -2.32. The lowest BCUT2D eigenvalue weighted by atomic mass is 10.0. The van der Waals surface area contributed by atoms with Gasteiger partial charge >= 0.3 is 0 Å². The predicted molar refractivity (Wildman–Crippen MR) is 160 cm³/mol. The van der Waals surface area contributed by atoms with Gasteiger partial charge in [-0.2, -0.15) is 0 Å². The van der Waals surface area contributed by atoms with Gasteiger partial charge in [0.05, 0.1) is 4.47 Å². The average molecular weight is 612 g/mol. The van der Waals surface area contributed by atoms with Crippen molar-refractivity contribution in [3.8, 4) is 5.75 Å². The van der Waals surface area contributed by atoms with Gasteiger partial charge < -0.3 is 15.0 Å². The molecular weight excluding hydrogens is 576 g/mol. The summed E-state index contributed by atoms with van der Waals surface area (Å²) in [7, 11) is 0. The standard InChI is InChI=1S/C32H36BrClN2O3/c1-22(2)25-15-16-30(28(33)19-25)39-21-31(37)36(20-24-11-8-12-26(34)17-24)29(18-23-9-4-3-5-10-23)32(38)35-27-13-6-7-14-27/h3-5,8-12,15-17,19,22,27,29H,6-7,13-14,18,20-21H2,1-2H3,(H,35,38)/t29-/m1/s1. The number of nitrogens with zero attached hydrogens (tertiary/aromatic N) is 1. The van der Waals surface area contributed by atoms with Gasteiger partial charge in [-0.25, -0.2) is 0 Å². The van der Waals surface area contributed by atoms with Crippen LogP contribution >= 0.6 is 27.5 Å². The lowest BCUT2D eigenvalue weighted by molar-refractivity contribution is -0.143. The van der Waals surface area contributed by atoms with Gasteiger partial charge in [-0.15, -0.1) is 0 Å². The third-order valence-electron chi connectivity index (χ3n) is 7.19. The van der Waals surface area contributed by atoms with Gasteiger partial charge in [0.2, 0.25) is 5.91 Å². The Morgan fingerprint density at radius 1 is 1.00 bits per heavy atom. The molecule has 1 fully saturated rings. The molecule has 0 spiro atoms. The van der Waals surface area contributed by atoms with Crippen molar-refractivity contribution < 1.29 is 14.3 Å². The average Bonchev–Trinajstić information content (AvgIpc) is 3.43. The third-order valence-corrected chi connectivity index (χ3v) is 8.04. The number of hydrogen-bond donors (Lipinski definition) is 1. The van der Waals surface area contributed by atoms with Crippen molar-refractivity contribution in [1.82, 2.24) is 10.2 Å². The van der Waals surface area contributed by atoms with Crippen molar-refractivity contribution >= 4 is 39.3 Å². The normalized spacial score (nSPS) is 14.3. The monoisotopic (exact) mass is 610 g/mol. The lowest BCUT2D eigenvalue weighted by Crippen LogP contribution is -2.53. The van der Waals surface area contributed by atoms with Crippen molar-refractivity contribution in [2.75, 3.05) is 6.61 Å². The first-order valence-corrected chi connectivity index (χ1v) is 14.8. The second-order valence-electron chi connectivity index (χ2n) is 10.5. The highest BCUT2D eigenvalue weighted by Crippen LogP contribution is 2.29. The summed E-state index contributed by atoms with van der Waals surface area (Å²) >= 11 is 9.85. The Morgan fingerprint density at radius 3 is 2.38 bits per heavy atom. The van der Waals surface area contributed by atoms with E-state index in [-0.39, 0.29) is 31.0 Å². The second kappa shape index (κ2) is 14.0. The minimum atomic E-state index is -0.699. The molecular formula is C32H36BrClN2O3. The molecule has 0 heterocycles. The number of carbonyl (C=O) groups excluding carboxylic acids is 2. The fourth-order valence-electron chi connectivity index (χ4n) is 4.97. The summed E-state index contributed by atoms with van der Waals surface area (Å²) in [4.78, 5) is 29.2. The van der Waals surface area contributed by atoms with Crippen LogP contribution in [0.2, 0.25) is 5.02 Å². The van der Waals surface area contributed by atoms with Gasteiger partial charge in [0.15, 0.2) is 6.61 Å². The fourth-order valence-corrected chi connectivity index (χ4v) is 5.69. The number of halogens is 2. The van der Waals surface area contributed by atoms with Gasteiger partial charge in [0.1, 0.15) is 11.8 Å². The second-order valence-corrected chi connectivity index (χ2v) is 11.8. The van der Waals surface area contributed by atoms with Gasteiger partial charge in [-0.1, -0.05) is 86.8 Å². The smallest absolute Gasteiger partial charge is 0.261 e. The molecule has 1 saturated carbocycles. The van der Waals surface area contributed by atoms with E-state index >= 15 is 0 Å². The van der Waals surface area contributed by atoms with E-state index < -0.39 is 6.04 Å². The summed E-state index contributed by atoms with van der Waals surface area (Å²) in [5.41, 5.74) is 3.01. The third kappa shape index (κ3) is 8.33. The molecule has 39 heavy (non-hydrogen) atoms. The van der Waals surface area contributed by atoms with Crippen LogP contribution in [0.3, 0.4) is 0 Å². The maximum atomic E-state index is 13.8. The molecule has 3 aromatic carbocycles. The van der Waals surface area contributed by atoms with E-state index in [1.165, 1.54) is 5.56 Å². The summed E-state index contributed by atoms with van der Waals surface area (Å²) < 4.78 is 6.79. The Kier molecular flexibility index (Phi) is 10.5. The molecule has 7 heteroatoms. The van der Waals surface area contributed by atoms with Crippen LogP contribution in [-0.2, 0) is 22.6 Å². The Morgan fingerprint density at radius 2 is 1.72 bits per heavy atom. The SMILES string of the molecule is CC(C)c1ccc(OCC(=O)N(Cc2cccc(Cl)c2)[C@H](Cc2ccccc2)C(=O)NC2CCCC2)c(Br)c1. The van der Waals surface area contributed by atoms with E-state index in [2.05, 4.69) is 35.1 Å². The molecule has 0 unspecified atom stereocenters. The molecule has 0 aliphatic heterocycles.